The monoisotopic (exact) mass is 346 g/mol. The molecular weight excluding hydrogens is 327 g/mol. The van der Waals surface area contributed by atoms with Crippen LogP contribution < -0.4 is 0 Å². The summed E-state index contributed by atoms with van der Waals surface area (Å²) in [5, 5.41) is 4.59. The number of halogens is 1. The van der Waals surface area contributed by atoms with Gasteiger partial charge in [-0.2, -0.15) is 5.10 Å². The summed E-state index contributed by atoms with van der Waals surface area (Å²) in [6.45, 7) is 1.23. The van der Waals surface area contributed by atoms with Crippen molar-refractivity contribution < 1.29 is 23.4 Å². The van der Waals surface area contributed by atoms with Crippen LogP contribution >= 0.6 is 0 Å². The highest BCUT2D eigenvalue weighted by Crippen LogP contribution is 2.28. The maximum Gasteiger partial charge on any atom is 0.338 e. The number of esters is 1. The number of hydrogen-bond donors (Lipinski definition) is 0. The fourth-order valence-corrected chi connectivity index (χ4v) is 3.28. The summed E-state index contributed by atoms with van der Waals surface area (Å²) in [5.74, 6) is -0.709. The molecule has 2 aliphatic rings. The molecular formula is C18H19FN2O4. The fourth-order valence-electron chi connectivity index (χ4n) is 3.28. The Hall–Kier alpha value is -2.25. The van der Waals surface area contributed by atoms with Crippen molar-refractivity contribution in [2.24, 2.45) is 0 Å². The molecule has 1 unspecified atom stereocenters. The zero-order valence-corrected chi connectivity index (χ0v) is 13.7. The Bertz CT molecular complexity index is 766. The molecule has 132 valence electrons. The van der Waals surface area contributed by atoms with Crippen LogP contribution in [0.5, 0.6) is 0 Å². The van der Waals surface area contributed by atoms with Gasteiger partial charge in [0.25, 0.3) is 0 Å². The minimum atomic E-state index is -0.666. The highest BCUT2D eigenvalue weighted by atomic mass is 19.1. The van der Waals surface area contributed by atoms with E-state index in [1.807, 2.05) is 4.68 Å². The highest BCUT2D eigenvalue weighted by Gasteiger charge is 2.27. The summed E-state index contributed by atoms with van der Waals surface area (Å²) < 4.78 is 30.9. The molecule has 1 fully saturated rings. The van der Waals surface area contributed by atoms with Gasteiger partial charge in [0.1, 0.15) is 18.1 Å². The normalized spacial score (nSPS) is 19.6. The lowest BCUT2D eigenvalue weighted by Crippen LogP contribution is -2.36. The van der Waals surface area contributed by atoms with E-state index in [0.29, 0.717) is 13.2 Å². The SMILES string of the molecule is O=C(OCc1nn(-c2ccc(F)cc2)c2c1CCC2)C1COCCO1. The average Bonchev–Trinajstić information content (AvgIpc) is 3.24. The molecule has 1 aromatic carbocycles. The van der Waals surface area contributed by atoms with E-state index in [9.17, 15) is 9.18 Å². The Morgan fingerprint density at radius 2 is 2.12 bits per heavy atom. The summed E-state index contributed by atoms with van der Waals surface area (Å²) in [5.41, 5.74) is 3.79. The first-order chi connectivity index (χ1) is 12.2. The quantitative estimate of drug-likeness (QED) is 0.792. The van der Waals surface area contributed by atoms with Gasteiger partial charge in [-0.3, -0.25) is 0 Å². The van der Waals surface area contributed by atoms with Crippen LogP contribution in [-0.2, 0) is 38.5 Å². The van der Waals surface area contributed by atoms with Crippen LogP contribution in [0.4, 0.5) is 4.39 Å². The third-order valence-corrected chi connectivity index (χ3v) is 4.51. The summed E-state index contributed by atoms with van der Waals surface area (Å²) in [6.07, 6.45) is 2.19. The molecule has 2 heterocycles. The number of nitrogens with zero attached hydrogens (tertiary/aromatic N) is 2. The van der Waals surface area contributed by atoms with Crippen molar-refractivity contribution >= 4 is 5.97 Å². The molecule has 0 amide bonds. The lowest BCUT2D eigenvalue weighted by molar-refractivity contribution is -0.172. The number of carbonyl (C=O) groups excluding carboxylic acids is 1. The van der Waals surface area contributed by atoms with Crippen molar-refractivity contribution in [2.75, 3.05) is 19.8 Å². The number of rotatable bonds is 4. The molecule has 0 bridgehead atoms. The first kappa shape index (κ1) is 16.2. The van der Waals surface area contributed by atoms with E-state index in [4.69, 9.17) is 14.2 Å². The van der Waals surface area contributed by atoms with Gasteiger partial charge in [-0.25, -0.2) is 13.9 Å². The second kappa shape index (κ2) is 6.93. The van der Waals surface area contributed by atoms with Gasteiger partial charge in [0.2, 0.25) is 0 Å². The number of fused-ring (bicyclic) bond motifs is 1. The van der Waals surface area contributed by atoms with Gasteiger partial charge in [-0.05, 0) is 43.5 Å². The third-order valence-electron chi connectivity index (χ3n) is 4.51. The number of carbonyl (C=O) groups is 1. The lowest BCUT2D eigenvalue weighted by Gasteiger charge is -2.21. The number of aromatic nitrogens is 2. The van der Waals surface area contributed by atoms with Gasteiger partial charge in [-0.1, -0.05) is 0 Å². The van der Waals surface area contributed by atoms with Crippen LogP contribution in [0.3, 0.4) is 0 Å². The molecule has 7 heteroatoms. The molecule has 1 aromatic heterocycles. The number of ether oxygens (including phenoxy) is 3. The van der Waals surface area contributed by atoms with Gasteiger partial charge < -0.3 is 14.2 Å². The molecule has 0 spiro atoms. The molecule has 1 aliphatic carbocycles. The number of benzene rings is 1. The molecule has 1 atom stereocenters. The zero-order chi connectivity index (χ0) is 17.2. The minimum absolute atomic E-state index is 0.106. The van der Waals surface area contributed by atoms with Crippen molar-refractivity contribution in [1.82, 2.24) is 9.78 Å². The van der Waals surface area contributed by atoms with Gasteiger partial charge >= 0.3 is 5.97 Å². The van der Waals surface area contributed by atoms with Crippen LogP contribution in [0.1, 0.15) is 23.4 Å². The molecule has 0 N–H and O–H groups in total. The van der Waals surface area contributed by atoms with E-state index in [-0.39, 0.29) is 19.0 Å². The van der Waals surface area contributed by atoms with Gasteiger partial charge in [0.05, 0.1) is 25.5 Å². The predicted octanol–water partition coefficient (Wildman–Crippen LogP) is 1.96. The maximum absolute atomic E-state index is 13.2. The first-order valence-electron chi connectivity index (χ1n) is 8.44. The molecule has 1 saturated heterocycles. The average molecular weight is 346 g/mol. The Morgan fingerprint density at radius 1 is 1.28 bits per heavy atom. The molecule has 6 nitrogen and oxygen atoms in total. The number of hydrogen-bond acceptors (Lipinski definition) is 5. The van der Waals surface area contributed by atoms with E-state index >= 15 is 0 Å². The molecule has 1 aliphatic heterocycles. The van der Waals surface area contributed by atoms with E-state index in [0.717, 1.165) is 41.9 Å². The standard InChI is InChI=1S/C18H19FN2O4/c19-12-4-6-13(7-5-12)21-16-3-1-2-14(16)15(20-21)10-25-18(22)17-11-23-8-9-24-17/h4-7,17H,1-3,8-11H2. The van der Waals surface area contributed by atoms with E-state index in [1.165, 1.54) is 12.1 Å². The predicted molar refractivity (Wildman–Crippen MR) is 85.9 cm³/mol. The summed E-state index contributed by atoms with van der Waals surface area (Å²) in [7, 11) is 0. The summed E-state index contributed by atoms with van der Waals surface area (Å²) in [4.78, 5) is 12.1. The lowest BCUT2D eigenvalue weighted by atomic mass is 10.2. The van der Waals surface area contributed by atoms with E-state index in [2.05, 4.69) is 5.10 Å². The van der Waals surface area contributed by atoms with Gasteiger partial charge in [0.15, 0.2) is 6.10 Å². The van der Waals surface area contributed by atoms with E-state index in [1.54, 1.807) is 12.1 Å². The molecule has 4 rings (SSSR count). The van der Waals surface area contributed by atoms with Crippen LogP contribution in [0.25, 0.3) is 5.69 Å². The van der Waals surface area contributed by atoms with Crippen LogP contribution in [0.2, 0.25) is 0 Å². The highest BCUT2D eigenvalue weighted by molar-refractivity contribution is 5.75. The van der Waals surface area contributed by atoms with Crippen LogP contribution in [0.15, 0.2) is 24.3 Å². The minimum Gasteiger partial charge on any atom is -0.457 e. The largest absolute Gasteiger partial charge is 0.457 e. The smallest absolute Gasteiger partial charge is 0.338 e. The fraction of sp³-hybridized carbons (Fsp3) is 0.444. The van der Waals surface area contributed by atoms with Crippen molar-refractivity contribution in [3.05, 3.63) is 47.0 Å². The zero-order valence-electron chi connectivity index (χ0n) is 13.7. The van der Waals surface area contributed by atoms with Crippen LogP contribution in [-0.4, -0.2) is 41.7 Å². The Labute approximate surface area is 144 Å². The maximum atomic E-state index is 13.2. The molecule has 0 saturated carbocycles. The molecule has 0 radical (unpaired) electrons. The molecule has 25 heavy (non-hydrogen) atoms. The van der Waals surface area contributed by atoms with Gasteiger partial charge in [-0.15, -0.1) is 0 Å². The Balaban J connectivity index is 1.51. The first-order valence-corrected chi connectivity index (χ1v) is 8.44. The summed E-state index contributed by atoms with van der Waals surface area (Å²) in [6, 6.07) is 6.23. The topological polar surface area (TPSA) is 62.6 Å². The molecule has 2 aromatic rings. The van der Waals surface area contributed by atoms with E-state index < -0.39 is 12.1 Å². The third kappa shape index (κ3) is 3.29. The Morgan fingerprint density at radius 3 is 2.88 bits per heavy atom. The van der Waals surface area contributed by atoms with Crippen molar-refractivity contribution in [3.63, 3.8) is 0 Å². The van der Waals surface area contributed by atoms with Crippen LogP contribution in [0, 0.1) is 5.82 Å². The van der Waals surface area contributed by atoms with Gasteiger partial charge in [0, 0.05) is 11.3 Å². The van der Waals surface area contributed by atoms with Crippen molar-refractivity contribution in [2.45, 2.75) is 32.0 Å². The van der Waals surface area contributed by atoms with Crippen molar-refractivity contribution in [1.29, 1.82) is 0 Å². The van der Waals surface area contributed by atoms with Crippen molar-refractivity contribution in [3.8, 4) is 5.69 Å². The summed E-state index contributed by atoms with van der Waals surface area (Å²) >= 11 is 0. The Kier molecular flexibility index (Phi) is 4.50. The second-order valence-electron chi connectivity index (χ2n) is 6.16. The second-order valence-corrected chi connectivity index (χ2v) is 6.16.